The molecule has 0 aromatic heterocycles. The van der Waals surface area contributed by atoms with E-state index < -0.39 is 11.9 Å². The first-order valence-electron chi connectivity index (χ1n) is 11.8. The summed E-state index contributed by atoms with van der Waals surface area (Å²) in [5.74, 6) is -1.15. The molecule has 200 valence electrons. The number of benzene rings is 3. The molecule has 0 heterocycles. The number of amides is 2. The number of hydrogen-bond acceptors (Lipinski definition) is 7. The van der Waals surface area contributed by atoms with Crippen molar-refractivity contribution in [3.63, 3.8) is 0 Å². The summed E-state index contributed by atoms with van der Waals surface area (Å²) in [4.78, 5) is 36.6. The van der Waals surface area contributed by atoms with Crippen LogP contribution >= 0.6 is 11.6 Å². The summed E-state index contributed by atoms with van der Waals surface area (Å²) in [6.45, 7) is 3.68. The second kappa shape index (κ2) is 13.7. The van der Waals surface area contributed by atoms with Crippen molar-refractivity contribution >= 4 is 46.8 Å². The molecule has 10 heteroatoms. The highest BCUT2D eigenvalue weighted by Gasteiger charge is 2.16. The second-order valence-electron chi connectivity index (χ2n) is 8.16. The van der Waals surface area contributed by atoms with Gasteiger partial charge in [0.2, 0.25) is 0 Å². The lowest BCUT2D eigenvalue weighted by Gasteiger charge is -2.15. The Morgan fingerprint density at radius 3 is 2.23 bits per heavy atom. The number of rotatable bonds is 10. The average molecular weight is 548 g/mol. The molecule has 0 unspecified atom stereocenters. The molecule has 2 N–H and O–H groups in total. The van der Waals surface area contributed by atoms with E-state index in [-0.39, 0.29) is 41.2 Å². The van der Waals surface area contributed by atoms with Crippen LogP contribution < -0.4 is 20.1 Å². The standard InChI is InChI=1S/C29H26ClN3O6/c1-4-38-25-15-19(13-21(16-31)28(35)33-23-11-7-20(8-12-23)29(36)37-3)14-24(30)27(25)39-17-26(34)32-22-9-5-18(2)6-10-22/h5-15H,4,17H2,1-3H3,(H,32,34)(H,33,35)/b21-13+. The Bertz CT molecular complexity index is 1430. The summed E-state index contributed by atoms with van der Waals surface area (Å²) in [6, 6.07) is 18.3. The van der Waals surface area contributed by atoms with Crippen molar-refractivity contribution in [1.29, 1.82) is 5.26 Å². The number of anilines is 2. The molecular formula is C29H26ClN3O6. The second-order valence-corrected chi connectivity index (χ2v) is 8.57. The van der Waals surface area contributed by atoms with Crippen molar-refractivity contribution < 1.29 is 28.6 Å². The van der Waals surface area contributed by atoms with Gasteiger partial charge in [0.15, 0.2) is 18.1 Å². The van der Waals surface area contributed by atoms with Crippen LogP contribution in [0.3, 0.4) is 0 Å². The molecule has 3 rings (SSSR count). The van der Waals surface area contributed by atoms with Gasteiger partial charge in [-0.05, 0) is 74.0 Å². The summed E-state index contributed by atoms with van der Waals surface area (Å²) in [6.07, 6.45) is 1.35. The SMILES string of the molecule is CCOc1cc(/C=C(\C#N)C(=O)Nc2ccc(C(=O)OC)cc2)cc(Cl)c1OCC(=O)Nc1ccc(C)cc1. The topological polar surface area (TPSA) is 127 Å². The molecule has 3 aromatic rings. The van der Waals surface area contributed by atoms with Gasteiger partial charge >= 0.3 is 5.97 Å². The van der Waals surface area contributed by atoms with Crippen molar-refractivity contribution in [3.8, 4) is 17.6 Å². The molecule has 0 fully saturated rings. The highest BCUT2D eigenvalue weighted by Crippen LogP contribution is 2.37. The minimum absolute atomic E-state index is 0.131. The summed E-state index contributed by atoms with van der Waals surface area (Å²) in [5.41, 5.74) is 2.61. The Balaban J connectivity index is 1.74. The third-order valence-electron chi connectivity index (χ3n) is 5.25. The lowest BCUT2D eigenvalue weighted by atomic mass is 10.1. The van der Waals surface area contributed by atoms with Crippen LogP contribution in [0.2, 0.25) is 5.02 Å². The van der Waals surface area contributed by atoms with Crippen LogP contribution in [0, 0.1) is 18.3 Å². The van der Waals surface area contributed by atoms with Gasteiger partial charge in [-0.25, -0.2) is 4.79 Å². The fourth-order valence-corrected chi connectivity index (χ4v) is 3.64. The molecule has 2 amide bonds. The molecule has 0 aliphatic carbocycles. The van der Waals surface area contributed by atoms with E-state index in [2.05, 4.69) is 15.4 Å². The largest absolute Gasteiger partial charge is 0.490 e. The Hall–Kier alpha value is -4.81. The Morgan fingerprint density at radius 1 is 0.974 bits per heavy atom. The van der Waals surface area contributed by atoms with E-state index in [1.165, 1.54) is 43.5 Å². The van der Waals surface area contributed by atoms with Gasteiger partial charge in [-0.2, -0.15) is 5.26 Å². The van der Waals surface area contributed by atoms with Gasteiger partial charge in [-0.15, -0.1) is 0 Å². The highest BCUT2D eigenvalue weighted by molar-refractivity contribution is 6.32. The van der Waals surface area contributed by atoms with Crippen LogP contribution in [0.5, 0.6) is 11.5 Å². The normalized spacial score (nSPS) is 10.7. The van der Waals surface area contributed by atoms with Crippen LogP contribution in [0.15, 0.2) is 66.2 Å². The quantitative estimate of drug-likeness (QED) is 0.198. The number of methoxy groups -OCH3 is 1. The fraction of sp³-hybridized carbons (Fsp3) is 0.172. The lowest BCUT2D eigenvalue weighted by molar-refractivity contribution is -0.118. The summed E-state index contributed by atoms with van der Waals surface area (Å²) in [7, 11) is 1.27. The van der Waals surface area contributed by atoms with E-state index >= 15 is 0 Å². The van der Waals surface area contributed by atoms with Gasteiger partial charge in [-0.1, -0.05) is 29.3 Å². The molecular weight excluding hydrogens is 522 g/mol. The van der Waals surface area contributed by atoms with Gasteiger partial charge in [0.05, 0.1) is 24.3 Å². The van der Waals surface area contributed by atoms with Gasteiger partial charge in [0, 0.05) is 11.4 Å². The smallest absolute Gasteiger partial charge is 0.337 e. The van der Waals surface area contributed by atoms with E-state index in [0.717, 1.165) is 5.56 Å². The van der Waals surface area contributed by atoms with Crippen LogP contribution in [0.1, 0.15) is 28.4 Å². The number of halogens is 1. The molecule has 0 radical (unpaired) electrons. The predicted molar refractivity (Wildman–Crippen MR) is 148 cm³/mol. The zero-order chi connectivity index (χ0) is 28.4. The number of hydrogen-bond donors (Lipinski definition) is 2. The number of ether oxygens (including phenoxy) is 3. The number of carbonyl (C=O) groups is 3. The molecule has 0 atom stereocenters. The van der Waals surface area contributed by atoms with E-state index in [1.807, 2.05) is 25.1 Å². The summed E-state index contributed by atoms with van der Waals surface area (Å²) < 4.78 is 16.0. The van der Waals surface area contributed by atoms with Gasteiger partial charge < -0.3 is 24.8 Å². The maximum Gasteiger partial charge on any atom is 0.337 e. The number of nitrogens with zero attached hydrogens (tertiary/aromatic N) is 1. The zero-order valence-corrected chi connectivity index (χ0v) is 22.3. The van der Waals surface area contributed by atoms with E-state index in [4.69, 9.17) is 21.1 Å². The number of aryl methyl sites for hydroxylation is 1. The van der Waals surface area contributed by atoms with Crippen LogP contribution in [-0.2, 0) is 14.3 Å². The minimum Gasteiger partial charge on any atom is -0.490 e. The molecule has 0 saturated heterocycles. The van der Waals surface area contributed by atoms with Gasteiger partial charge in [0.1, 0.15) is 11.6 Å². The first-order chi connectivity index (χ1) is 18.7. The van der Waals surface area contributed by atoms with Crippen molar-refractivity contribution in [1.82, 2.24) is 0 Å². The van der Waals surface area contributed by atoms with E-state index in [0.29, 0.717) is 22.5 Å². The zero-order valence-electron chi connectivity index (χ0n) is 21.5. The van der Waals surface area contributed by atoms with Gasteiger partial charge in [-0.3, -0.25) is 9.59 Å². The maximum absolute atomic E-state index is 12.7. The molecule has 3 aromatic carbocycles. The predicted octanol–water partition coefficient (Wildman–Crippen LogP) is 5.40. The van der Waals surface area contributed by atoms with E-state index in [1.54, 1.807) is 25.1 Å². The Morgan fingerprint density at radius 2 is 1.62 bits per heavy atom. The van der Waals surface area contributed by atoms with E-state index in [9.17, 15) is 19.6 Å². The molecule has 0 aliphatic heterocycles. The molecule has 0 aliphatic rings. The summed E-state index contributed by atoms with van der Waals surface area (Å²) in [5, 5.41) is 15.1. The first kappa shape index (κ1) is 28.8. The first-order valence-corrected chi connectivity index (χ1v) is 12.2. The van der Waals surface area contributed by atoms with Crippen molar-refractivity contribution in [2.45, 2.75) is 13.8 Å². The number of nitriles is 1. The Labute approximate surface area is 230 Å². The van der Waals surface area contributed by atoms with Crippen LogP contribution in [-0.4, -0.2) is 38.1 Å². The number of carbonyl (C=O) groups excluding carboxylic acids is 3. The van der Waals surface area contributed by atoms with Crippen LogP contribution in [0.25, 0.3) is 6.08 Å². The number of nitrogens with one attached hydrogen (secondary N) is 2. The third kappa shape index (κ3) is 8.09. The third-order valence-corrected chi connectivity index (χ3v) is 5.54. The molecule has 0 bridgehead atoms. The van der Waals surface area contributed by atoms with Gasteiger partial charge in [0.25, 0.3) is 11.8 Å². The Kier molecular flexibility index (Phi) is 10.1. The van der Waals surface area contributed by atoms with Crippen LogP contribution in [0.4, 0.5) is 11.4 Å². The molecule has 9 nitrogen and oxygen atoms in total. The monoisotopic (exact) mass is 547 g/mol. The average Bonchev–Trinajstić information content (AvgIpc) is 2.92. The molecule has 0 saturated carbocycles. The number of esters is 1. The molecule has 0 spiro atoms. The fourth-order valence-electron chi connectivity index (χ4n) is 3.37. The van der Waals surface area contributed by atoms with Crippen molar-refractivity contribution in [3.05, 3.63) is 87.9 Å². The van der Waals surface area contributed by atoms with Crippen molar-refractivity contribution in [2.75, 3.05) is 31.0 Å². The summed E-state index contributed by atoms with van der Waals surface area (Å²) >= 11 is 6.43. The minimum atomic E-state index is -0.662. The maximum atomic E-state index is 12.7. The van der Waals surface area contributed by atoms with Crippen molar-refractivity contribution in [2.24, 2.45) is 0 Å². The lowest BCUT2D eigenvalue weighted by Crippen LogP contribution is -2.20. The highest BCUT2D eigenvalue weighted by atomic mass is 35.5. The molecule has 39 heavy (non-hydrogen) atoms.